The average Bonchev–Trinajstić information content (AvgIpc) is 2.81. The van der Waals surface area contributed by atoms with Gasteiger partial charge < -0.3 is 20.1 Å². The number of aliphatic carboxylic acids is 1. The lowest BCUT2D eigenvalue weighted by Crippen LogP contribution is -2.54. The Kier molecular flexibility index (Phi) is 4.29. The van der Waals surface area contributed by atoms with Crippen molar-refractivity contribution in [3.8, 4) is 0 Å². The molecular weight excluding hydrogens is 248 g/mol. The molecule has 0 aromatic heterocycles. The van der Waals surface area contributed by atoms with Crippen molar-refractivity contribution in [2.45, 2.75) is 38.1 Å². The molecule has 6 nitrogen and oxygen atoms in total. The van der Waals surface area contributed by atoms with Crippen molar-refractivity contribution in [3.05, 3.63) is 0 Å². The van der Waals surface area contributed by atoms with E-state index in [4.69, 9.17) is 4.74 Å². The van der Waals surface area contributed by atoms with Gasteiger partial charge in [0.1, 0.15) is 5.54 Å². The lowest BCUT2D eigenvalue weighted by molar-refractivity contribution is -0.147. The van der Waals surface area contributed by atoms with E-state index in [9.17, 15) is 14.7 Å². The summed E-state index contributed by atoms with van der Waals surface area (Å²) < 4.78 is 5.36. The van der Waals surface area contributed by atoms with Crippen LogP contribution in [0.25, 0.3) is 0 Å². The van der Waals surface area contributed by atoms with Crippen LogP contribution in [0.4, 0.5) is 4.79 Å². The van der Waals surface area contributed by atoms with Crippen LogP contribution in [0.1, 0.15) is 32.6 Å². The van der Waals surface area contributed by atoms with Crippen molar-refractivity contribution in [1.29, 1.82) is 0 Å². The number of ether oxygens (including phenoxy) is 1. The van der Waals surface area contributed by atoms with Crippen molar-refractivity contribution in [2.75, 3.05) is 26.3 Å². The number of hydrogen-bond donors (Lipinski definition) is 2. The minimum Gasteiger partial charge on any atom is -0.480 e. The molecule has 0 spiro atoms. The lowest BCUT2D eigenvalue weighted by Gasteiger charge is -2.32. The Labute approximate surface area is 113 Å². The van der Waals surface area contributed by atoms with Crippen LogP contribution in [0.2, 0.25) is 0 Å². The molecule has 2 rings (SSSR count). The Balaban J connectivity index is 1.87. The molecule has 0 radical (unpaired) electrons. The minimum absolute atomic E-state index is 0.270. The Morgan fingerprint density at radius 3 is 2.89 bits per heavy atom. The molecule has 0 bridgehead atoms. The quantitative estimate of drug-likeness (QED) is 0.803. The second-order valence-electron chi connectivity index (χ2n) is 5.60. The van der Waals surface area contributed by atoms with Crippen LogP contribution in [-0.2, 0) is 9.53 Å². The number of carboxylic acids is 1. The molecule has 2 aliphatic rings. The first-order valence-electron chi connectivity index (χ1n) is 6.90. The maximum absolute atomic E-state index is 12.1. The SMILES string of the molecule is CC1(C(=O)O)CCCN1C(=O)NCC1CCCOC1. The van der Waals surface area contributed by atoms with Crippen LogP contribution >= 0.6 is 0 Å². The van der Waals surface area contributed by atoms with Gasteiger partial charge in [-0.3, -0.25) is 0 Å². The van der Waals surface area contributed by atoms with Crippen molar-refractivity contribution in [1.82, 2.24) is 10.2 Å². The number of carbonyl (C=O) groups is 2. The normalized spacial score (nSPS) is 31.2. The number of rotatable bonds is 3. The summed E-state index contributed by atoms with van der Waals surface area (Å²) in [6, 6.07) is -0.270. The zero-order valence-electron chi connectivity index (χ0n) is 11.4. The van der Waals surface area contributed by atoms with Gasteiger partial charge >= 0.3 is 12.0 Å². The first kappa shape index (κ1) is 14.1. The van der Waals surface area contributed by atoms with Crippen LogP contribution in [0.15, 0.2) is 0 Å². The van der Waals surface area contributed by atoms with E-state index in [2.05, 4.69) is 5.32 Å². The smallest absolute Gasteiger partial charge is 0.329 e. The van der Waals surface area contributed by atoms with E-state index in [1.165, 1.54) is 4.90 Å². The van der Waals surface area contributed by atoms with E-state index in [0.29, 0.717) is 32.0 Å². The molecule has 0 aliphatic carbocycles. The van der Waals surface area contributed by atoms with Crippen LogP contribution in [0.5, 0.6) is 0 Å². The fraction of sp³-hybridized carbons (Fsp3) is 0.846. The van der Waals surface area contributed by atoms with Crippen molar-refractivity contribution in [2.24, 2.45) is 5.92 Å². The van der Waals surface area contributed by atoms with Crippen molar-refractivity contribution >= 4 is 12.0 Å². The molecule has 2 heterocycles. The Morgan fingerprint density at radius 1 is 1.47 bits per heavy atom. The van der Waals surface area contributed by atoms with Gasteiger partial charge in [0, 0.05) is 19.7 Å². The number of amides is 2. The van der Waals surface area contributed by atoms with E-state index in [0.717, 1.165) is 25.9 Å². The lowest BCUT2D eigenvalue weighted by atomic mass is 9.99. The van der Waals surface area contributed by atoms with Crippen LogP contribution < -0.4 is 5.32 Å². The molecule has 2 N–H and O–H groups in total. The number of nitrogens with one attached hydrogen (secondary N) is 1. The molecule has 0 aromatic carbocycles. The second kappa shape index (κ2) is 5.77. The maximum Gasteiger partial charge on any atom is 0.329 e. The molecule has 0 saturated carbocycles. The summed E-state index contributed by atoms with van der Waals surface area (Å²) in [5.74, 6) is -0.586. The molecule has 2 saturated heterocycles. The number of carbonyl (C=O) groups excluding carboxylic acids is 1. The Hall–Kier alpha value is -1.30. The second-order valence-corrected chi connectivity index (χ2v) is 5.60. The topological polar surface area (TPSA) is 78.9 Å². The van der Waals surface area contributed by atoms with Gasteiger partial charge in [0.05, 0.1) is 6.61 Å². The standard InChI is InChI=1S/C13H22N2O4/c1-13(11(16)17)5-3-6-15(13)12(18)14-8-10-4-2-7-19-9-10/h10H,2-9H2,1H3,(H,14,18)(H,16,17). The molecular formula is C13H22N2O4. The molecule has 108 valence electrons. The summed E-state index contributed by atoms with van der Waals surface area (Å²) in [5, 5.41) is 12.1. The zero-order valence-corrected chi connectivity index (χ0v) is 11.4. The summed E-state index contributed by atoms with van der Waals surface area (Å²) in [6.07, 6.45) is 3.33. The summed E-state index contributed by atoms with van der Waals surface area (Å²) >= 11 is 0. The average molecular weight is 270 g/mol. The molecule has 19 heavy (non-hydrogen) atoms. The first-order chi connectivity index (χ1) is 9.04. The molecule has 2 amide bonds. The number of hydrogen-bond acceptors (Lipinski definition) is 3. The van der Waals surface area contributed by atoms with E-state index in [1.54, 1.807) is 6.92 Å². The first-order valence-corrected chi connectivity index (χ1v) is 6.90. The summed E-state index contributed by atoms with van der Waals surface area (Å²) in [7, 11) is 0. The van der Waals surface area contributed by atoms with Gasteiger partial charge in [0.2, 0.25) is 0 Å². The molecule has 2 unspecified atom stereocenters. The summed E-state index contributed by atoms with van der Waals surface area (Å²) in [4.78, 5) is 24.9. The third-order valence-corrected chi connectivity index (χ3v) is 4.14. The Morgan fingerprint density at radius 2 is 2.26 bits per heavy atom. The zero-order chi connectivity index (χ0) is 13.9. The summed E-state index contributed by atoms with van der Waals surface area (Å²) in [5.41, 5.74) is -1.06. The number of carboxylic acid groups (broad SMARTS) is 1. The monoisotopic (exact) mass is 270 g/mol. The van der Waals surface area contributed by atoms with Gasteiger partial charge in [-0.15, -0.1) is 0 Å². The van der Waals surface area contributed by atoms with Crippen molar-refractivity contribution < 1.29 is 19.4 Å². The van der Waals surface area contributed by atoms with Gasteiger partial charge in [0.15, 0.2) is 0 Å². The van der Waals surface area contributed by atoms with Crippen LogP contribution in [0, 0.1) is 5.92 Å². The third-order valence-electron chi connectivity index (χ3n) is 4.14. The highest BCUT2D eigenvalue weighted by molar-refractivity contribution is 5.86. The fourth-order valence-electron chi connectivity index (χ4n) is 2.81. The van der Waals surface area contributed by atoms with Gasteiger partial charge in [-0.1, -0.05) is 0 Å². The molecule has 6 heteroatoms. The molecule has 2 aliphatic heterocycles. The van der Waals surface area contributed by atoms with Gasteiger partial charge in [-0.2, -0.15) is 0 Å². The third kappa shape index (κ3) is 3.00. The van der Waals surface area contributed by atoms with Crippen LogP contribution in [0.3, 0.4) is 0 Å². The molecule has 0 aromatic rings. The number of likely N-dealkylation sites (tertiary alicyclic amines) is 1. The predicted octanol–water partition coefficient (Wildman–Crippen LogP) is 1.06. The number of urea groups is 1. The Bertz CT molecular complexity index is 355. The summed E-state index contributed by atoms with van der Waals surface area (Å²) in [6.45, 7) is 4.16. The van der Waals surface area contributed by atoms with Gasteiger partial charge in [0.25, 0.3) is 0 Å². The fourth-order valence-corrected chi connectivity index (χ4v) is 2.81. The highest BCUT2D eigenvalue weighted by Crippen LogP contribution is 2.29. The van der Waals surface area contributed by atoms with E-state index in [-0.39, 0.29) is 6.03 Å². The molecule has 2 atom stereocenters. The van der Waals surface area contributed by atoms with E-state index >= 15 is 0 Å². The van der Waals surface area contributed by atoms with E-state index < -0.39 is 11.5 Å². The molecule has 2 fully saturated rings. The van der Waals surface area contributed by atoms with Crippen LogP contribution in [-0.4, -0.2) is 53.8 Å². The van der Waals surface area contributed by atoms with Gasteiger partial charge in [-0.05, 0) is 38.5 Å². The highest BCUT2D eigenvalue weighted by atomic mass is 16.5. The minimum atomic E-state index is -1.06. The maximum atomic E-state index is 12.1. The number of nitrogens with zero attached hydrogens (tertiary/aromatic N) is 1. The predicted molar refractivity (Wildman–Crippen MR) is 68.9 cm³/mol. The van der Waals surface area contributed by atoms with E-state index in [1.807, 2.05) is 0 Å². The van der Waals surface area contributed by atoms with Crippen molar-refractivity contribution in [3.63, 3.8) is 0 Å². The van der Waals surface area contributed by atoms with Gasteiger partial charge in [-0.25, -0.2) is 9.59 Å². The highest BCUT2D eigenvalue weighted by Gasteiger charge is 2.45. The largest absolute Gasteiger partial charge is 0.480 e.